The van der Waals surface area contributed by atoms with Gasteiger partial charge in [-0.2, -0.15) is 0 Å². The van der Waals surface area contributed by atoms with Gasteiger partial charge in [-0.25, -0.2) is 0 Å². The number of rotatable bonds is 3. The van der Waals surface area contributed by atoms with Gasteiger partial charge in [0.15, 0.2) is 0 Å². The first-order chi connectivity index (χ1) is 10.6. The van der Waals surface area contributed by atoms with Crippen molar-refractivity contribution in [2.24, 2.45) is 5.73 Å². The second-order valence-corrected chi connectivity index (χ2v) is 6.59. The molecule has 2 saturated heterocycles. The maximum absolute atomic E-state index is 12.8. The van der Waals surface area contributed by atoms with Crippen LogP contribution in [0.2, 0.25) is 0 Å². The van der Waals surface area contributed by atoms with Crippen LogP contribution in [-0.4, -0.2) is 36.1 Å². The van der Waals surface area contributed by atoms with Crippen LogP contribution in [0.5, 0.6) is 0 Å². The lowest BCUT2D eigenvalue weighted by Gasteiger charge is -2.28. The molecule has 0 spiro atoms. The summed E-state index contributed by atoms with van der Waals surface area (Å²) in [7, 11) is 0. The summed E-state index contributed by atoms with van der Waals surface area (Å²) in [6.45, 7) is 5.59. The number of ether oxygens (including phenoxy) is 1. The number of carbonyl (C=O) groups excluding carboxylic acids is 1. The van der Waals surface area contributed by atoms with Gasteiger partial charge in [-0.3, -0.25) is 4.79 Å². The number of benzene rings is 1. The molecular formula is C18H26N2O2. The number of amides is 1. The van der Waals surface area contributed by atoms with E-state index in [0.29, 0.717) is 6.54 Å². The molecule has 0 radical (unpaired) electrons. The molecule has 4 nitrogen and oxygen atoms in total. The molecule has 0 bridgehead atoms. The Morgan fingerprint density at radius 2 is 2.09 bits per heavy atom. The van der Waals surface area contributed by atoms with E-state index in [9.17, 15) is 4.79 Å². The average Bonchev–Trinajstić information content (AvgIpc) is 3.18. The minimum atomic E-state index is -0.291. The van der Waals surface area contributed by atoms with E-state index in [1.54, 1.807) is 0 Å². The third kappa shape index (κ3) is 2.90. The van der Waals surface area contributed by atoms with Crippen molar-refractivity contribution in [2.75, 3.05) is 13.1 Å². The number of aryl methyl sites for hydroxylation is 2. The Morgan fingerprint density at radius 3 is 2.77 bits per heavy atom. The van der Waals surface area contributed by atoms with Crippen LogP contribution in [0.15, 0.2) is 18.2 Å². The SMILES string of the molecule is Cc1ccc(C2CCCN2C(=O)[C@@H]2CC[C@H](CN)O2)cc1C. The first-order valence-electron chi connectivity index (χ1n) is 8.33. The number of nitrogens with zero attached hydrogens (tertiary/aromatic N) is 1. The lowest BCUT2D eigenvalue weighted by molar-refractivity contribution is -0.143. The molecule has 0 aromatic heterocycles. The highest BCUT2D eigenvalue weighted by atomic mass is 16.5. The Hall–Kier alpha value is -1.39. The van der Waals surface area contributed by atoms with Crippen LogP contribution in [-0.2, 0) is 9.53 Å². The first-order valence-corrected chi connectivity index (χ1v) is 8.33. The van der Waals surface area contributed by atoms with Crippen LogP contribution in [0, 0.1) is 13.8 Å². The summed E-state index contributed by atoms with van der Waals surface area (Å²) in [5.74, 6) is 0.150. The molecule has 1 aromatic rings. The molecule has 3 atom stereocenters. The summed E-state index contributed by atoms with van der Waals surface area (Å²) < 4.78 is 5.80. The van der Waals surface area contributed by atoms with Gasteiger partial charge in [0.2, 0.25) is 0 Å². The van der Waals surface area contributed by atoms with Gasteiger partial charge in [-0.05, 0) is 56.2 Å². The number of hydrogen-bond acceptors (Lipinski definition) is 3. The summed E-state index contributed by atoms with van der Waals surface area (Å²) in [6.07, 6.45) is 3.57. The van der Waals surface area contributed by atoms with Crippen LogP contribution in [0.1, 0.15) is 48.4 Å². The smallest absolute Gasteiger partial charge is 0.252 e. The van der Waals surface area contributed by atoms with Crippen molar-refractivity contribution >= 4 is 5.91 Å². The van der Waals surface area contributed by atoms with Gasteiger partial charge >= 0.3 is 0 Å². The first kappa shape index (κ1) is 15.5. The van der Waals surface area contributed by atoms with E-state index in [4.69, 9.17) is 10.5 Å². The van der Waals surface area contributed by atoms with Gasteiger partial charge in [0.25, 0.3) is 5.91 Å². The molecule has 22 heavy (non-hydrogen) atoms. The van der Waals surface area contributed by atoms with Crippen molar-refractivity contribution in [1.29, 1.82) is 0 Å². The molecule has 2 heterocycles. The molecule has 1 unspecified atom stereocenters. The van der Waals surface area contributed by atoms with Crippen molar-refractivity contribution in [2.45, 2.75) is 57.8 Å². The van der Waals surface area contributed by atoms with E-state index in [-0.39, 0.29) is 24.2 Å². The van der Waals surface area contributed by atoms with Crippen LogP contribution in [0.25, 0.3) is 0 Å². The summed E-state index contributed by atoms with van der Waals surface area (Å²) in [5.41, 5.74) is 9.49. The highest BCUT2D eigenvalue weighted by Gasteiger charge is 2.38. The molecule has 3 rings (SSSR count). The van der Waals surface area contributed by atoms with E-state index >= 15 is 0 Å². The van der Waals surface area contributed by atoms with E-state index in [0.717, 1.165) is 32.2 Å². The lowest BCUT2D eigenvalue weighted by Crippen LogP contribution is -2.39. The monoisotopic (exact) mass is 302 g/mol. The van der Waals surface area contributed by atoms with Gasteiger partial charge in [0.05, 0.1) is 12.1 Å². The maximum atomic E-state index is 12.8. The summed E-state index contributed by atoms with van der Waals surface area (Å²) in [6, 6.07) is 6.75. The van der Waals surface area contributed by atoms with Crippen LogP contribution in [0.3, 0.4) is 0 Å². The maximum Gasteiger partial charge on any atom is 0.252 e. The normalized spacial score (nSPS) is 28.3. The molecule has 2 fully saturated rings. The Labute approximate surface area is 132 Å². The molecule has 2 aliphatic rings. The Bertz CT molecular complexity index is 558. The number of hydrogen-bond donors (Lipinski definition) is 1. The zero-order valence-electron chi connectivity index (χ0n) is 13.5. The topological polar surface area (TPSA) is 55.6 Å². The predicted octanol–water partition coefficient (Wildman–Crippen LogP) is 2.47. The second-order valence-electron chi connectivity index (χ2n) is 6.59. The molecule has 4 heteroatoms. The van der Waals surface area contributed by atoms with Gasteiger partial charge in [0.1, 0.15) is 6.10 Å². The molecule has 1 aromatic carbocycles. The predicted molar refractivity (Wildman–Crippen MR) is 86.6 cm³/mol. The molecule has 2 aliphatic heterocycles. The van der Waals surface area contributed by atoms with Crippen molar-refractivity contribution in [3.63, 3.8) is 0 Å². The number of likely N-dealkylation sites (tertiary alicyclic amines) is 1. The fraction of sp³-hybridized carbons (Fsp3) is 0.611. The van der Waals surface area contributed by atoms with Crippen LogP contribution in [0.4, 0.5) is 0 Å². The van der Waals surface area contributed by atoms with E-state index in [1.807, 2.05) is 4.90 Å². The van der Waals surface area contributed by atoms with Crippen molar-refractivity contribution in [1.82, 2.24) is 4.90 Å². The molecule has 2 N–H and O–H groups in total. The number of nitrogens with two attached hydrogens (primary N) is 1. The molecule has 1 amide bonds. The minimum absolute atomic E-state index is 0.0524. The summed E-state index contributed by atoms with van der Waals surface area (Å²) in [5, 5.41) is 0. The number of carbonyl (C=O) groups is 1. The Kier molecular flexibility index (Phi) is 4.50. The van der Waals surface area contributed by atoms with Gasteiger partial charge in [-0.1, -0.05) is 18.2 Å². The minimum Gasteiger partial charge on any atom is -0.364 e. The fourth-order valence-electron chi connectivity index (χ4n) is 3.59. The van der Waals surface area contributed by atoms with E-state index in [2.05, 4.69) is 32.0 Å². The Balaban J connectivity index is 1.75. The third-order valence-electron chi connectivity index (χ3n) is 5.10. The average molecular weight is 302 g/mol. The van der Waals surface area contributed by atoms with Gasteiger partial charge in [-0.15, -0.1) is 0 Å². The standard InChI is InChI=1S/C18H26N2O2/c1-12-5-6-14(10-13(12)2)16-4-3-9-20(16)18(21)17-8-7-15(11-19)22-17/h5-6,10,15-17H,3-4,7-9,11,19H2,1-2H3/t15-,16?,17+/m1/s1. The molecule has 0 aliphatic carbocycles. The molecular weight excluding hydrogens is 276 g/mol. The summed E-state index contributed by atoms with van der Waals surface area (Å²) in [4.78, 5) is 14.8. The molecule has 120 valence electrons. The highest BCUT2D eigenvalue weighted by molar-refractivity contribution is 5.82. The Morgan fingerprint density at radius 1 is 1.27 bits per heavy atom. The zero-order valence-corrected chi connectivity index (χ0v) is 13.5. The van der Waals surface area contributed by atoms with Crippen molar-refractivity contribution in [3.8, 4) is 0 Å². The van der Waals surface area contributed by atoms with E-state index < -0.39 is 0 Å². The summed E-state index contributed by atoms with van der Waals surface area (Å²) >= 11 is 0. The van der Waals surface area contributed by atoms with Gasteiger partial charge in [0, 0.05) is 13.1 Å². The quantitative estimate of drug-likeness (QED) is 0.933. The largest absolute Gasteiger partial charge is 0.364 e. The van der Waals surface area contributed by atoms with Crippen LogP contribution >= 0.6 is 0 Å². The van der Waals surface area contributed by atoms with Crippen molar-refractivity contribution in [3.05, 3.63) is 34.9 Å². The highest BCUT2D eigenvalue weighted by Crippen LogP contribution is 2.35. The third-order valence-corrected chi connectivity index (χ3v) is 5.10. The van der Waals surface area contributed by atoms with Crippen LogP contribution < -0.4 is 5.73 Å². The van der Waals surface area contributed by atoms with Crippen molar-refractivity contribution < 1.29 is 9.53 Å². The van der Waals surface area contributed by atoms with Gasteiger partial charge < -0.3 is 15.4 Å². The zero-order chi connectivity index (χ0) is 15.7. The fourth-order valence-corrected chi connectivity index (χ4v) is 3.59. The molecule has 0 saturated carbocycles. The lowest BCUT2D eigenvalue weighted by atomic mass is 9.99. The second kappa shape index (κ2) is 6.39. The van der Waals surface area contributed by atoms with E-state index in [1.165, 1.54) is 16.7 Å².